The molecule has 1 fully saturated rings. The van der Waals surface area contributed by atoms with Crippen molar-refractivity contribution in [3.8, 4) is 0 Å². The summed E-state index contributed by atoms with van der Waals surface area (Å²) in [6.45, 7) is 3.21. The fourth-order valence-electron chi connectivity index (χ4n) is 2.77. The molecule has 0 heterocycles. The molecule has 1 saturated carbocycles. The first kappa shape index (κ1) is 15.1. The van der Waals surface area contributed by atoms with Gasteiger partial charge in [0.15, 0.2) is 0 Å². The second-order valence-electron chi connectivity index (χ2n) is 5.38. The molecule has 0 unspecified atom stereocenters. The molecular weight excluding hydrogens is 281 g/mol. The maximum atomic E-state index is 10.8. The van der Waals surface area contributed by atoms with Gasteiger partial charge in [0.05, 0.1) is 5.60 Å². The van der Waals surface area contributed by atoms with Gasteiger partial charge in [0.2, 0.25) is 0 Å². The number of hydrogen-bond acceptors (Lipinski definition) is 2. The predicted molar refractivity (Wildman–Crippen MR) is 80.9 cm³/mol. The van der Waals surface area contributed by atoms with E-state index in [1.54, 1.807) is 18.2 Å². The standard InChI is InChI=1S/C15H21Cl2NO/c1-2-9-18-12-5-7-15(19,8-6-12)13-10-11(16)3-4-14(13)17/h3-4,10,12,18-19H,2,5-9H2,1H3. The summed E-state index contributed by atoms with van der Waals surface area (Å²) in [6.07, 6.45) is 4.54. The topological polar surface area (TPSA) is 32.3 Å². The third kappa shape index (κ3) is 3.63. The van der Waals surface area contributed by atoms with Gasteiger partial charge in [-0.2, -0.15) is 0 Å². The molecule has 2 N–H and O–H groups in total. The van der Waals surface area contributed by atoms with Crippen LogP contribution in [0.4, 0.5) is 0 Å². The quantitative estimate of drug-likeness (QED) is 0.876. The molecule has 2 rings (SSSR count). The van der Waals surface area contributed by atoms with Crippen molar-refractivity contribution < 1.29 is 5.11 Å². The first-order chi connectivity index (χ1) is 9.05. The molecule has 106 valence electrons. The average Bonchev–Trinajstić information content (AvgIpc) is 2.41. The first-order valence-electron chi connectivity index (χ1n) is 6.96. The van der Waals surface area contributed by atoms with Gasteiger partial charge in [-0.25, -0.2) is 0 Å². The lowest BCUT2D eigenvalue weighted by Crippen LogP contribution is -2.40. The van der Waals surface area contributed by atoms with Gasteiger partial charge < -0.3 is 10.4 Å². The molecule has 1 aliphatic rings. The van der Waals surface area contributed by atoms with Crippen LogP contribution in [-0.2, 0) is 5.60 Å². The Hall–Kier alpha value is -0.280. The van der Waals surface area contributed by atoms with Crippen LogP contribution in [0.25, 0.3) is 0 Å². The van der Waals surface area contributed by atoms with E-state index in [2.05, 4.69) is 12.2 Å². The van der Waals surface area contributed by atoms with E-state index in [9.17, 15) is 5.11 Å². The summed E-state index contributed by atoms with van der Waals surface area (Å²) in [5.41, 5.74) is -0.0533. The molecule has 2 nitrogen and oxygen atoms in total. The van der Waals surface area contributed by atoms with Crippen LogP contribution in [0.15, 0.2) is 18.2 Å². The molecule has 0 radical (unpaired) electrons. The Balaban J connectivity index is 2.07. The largest absolute Gasteiger partial charge is 0.385 e. The molecule has 0 bridgehead atoms. The Labute approximate surface area is 125 Å². The molecule has 0 spiro atoms. The van der Waals surface area contributed by atoms with E-state index in [0.717, 1.165) is 44.2 Å². The van der Waals surface area contributed by atoms with Crippen molar-refractivity contribution in [1.82, 2.24) is 5.32 Å². The zero-order valence-corrected chi connectivity index (χ0v) is 12.8. The van der Waals surface area contributed by atoms with Gasteiger partial charge in [-0.3, -0.25) is 0 Å². The van der Waals surface area contributed by atoms with Crippen molar-refractivity contribution >= 4 is 23.2 Å². The zero-order chi connectivity index (χ0) is 13.9. The Bertz CT molecular complexity index is 428. The summed E-state index contributed by atoms with van der Waals surface area (Å²) in [4.78, 5) is 0. The van der Waals surface area contributed by atoms with Crippen molar-refractivity contribution in [2.45, 2.75) is 50.7 Å². The molecule has 0 amide bonds. The Morgan fingerprint density at radius 2 is 2.00 bits per heavy atom. The Kier molecular flexibility index (Phi) is 5.13. The van der Waals surface area contributed by atoms with Crippen LogP contribution in [0.3, 0.4) is 0 Å². The van der Waals surface area contributed by atoms with Crippen molar-refractivity contribution in [3.63, 3.8) is 0 Å². The minimum absolute atomic E-state index is 0.512. The maximum Gasteiger partial charge on any atom is 0.0912 e. The van der Waals surface area contributed by atoms with E-state index in [0.29, 0.717) is 16.1 Å². The first-order valence-corrected chi connectivity index (χ1v) is 7.72. The molecule has 1 aliphatic carbocycles. The van der Waals surface area contributed by atoms with E-state index < -0.39 is 5.60 Å². The summed E-state index contributed by atoms with van der Waals surface area (Å²) < 4.78 is 0. The summed E-state index contributed by atoms with van der Waals surface area (Å²) in [7, 11) is 0. The number of hydrogen-bond donors (Lipinski definition) is 2. The molecule has 1 aromatic rings. The monoisotopic (exact) mass is 301 g/mol. The average molecular weight is 302 g/mol. The smallest absolute Gasteiger partial charge is 0.0912 e. The van der Waals surface area contributed by atoms with E-state index in [-0.39, 0.29) is 0 Å². The highest BCUT2D eigenvalue weighted by atomic mass is 35.5. The van der Waals surface area contributed by atoms with Crippen LogP contribution in [0.5, 0.6) is 0 Å². The molecule has 0 aliphatic heterocycles. The number of nitrogens with one attached hydrogen (secondary N) is 1. The van der Waals surface area contributed by atoms with E-state index in [4.69, 9.17) is 23.2 Å². The summed E-state index contributed by atoms with van der Waals surface area (Å²) >= 11 is 12.2. The Morgan fingerprint density at radius 1 is 1.32 bits per heavy atom. The van der Waals surface area contributed by atoms with Gasteiger partial charge in [-0.15, -0.1) is 0 Å². The molecule has 0 atom stereocenters. The maximum absolute atomic E-state index is 10.8. The normalized spacial score (nSPS) is 27.5. The van der Waals surface area contributed by atoms with E-state index in [1.165, 1.54) is 0 Å². The summed E-state index contributed by atoms with van der Waals surface area (Å²) in [5, 5.41) is 15.6. The Morgan fingerprint density at radius 3 is 2.63 bits per heavy atom. The van der Waals surface area contributed by atoms with Crippen LogP contribution < -0.4 is 5.32 Å². The SMILES string of the molecule is CCCNC1CCC(O)(c2cc(Cl)ccc2Cl)CC1. The predicted octanol–water partition coefficient (Wildman–Crippen LogP) is 4.12. The van der Waals surface area contributed by atoms with Crippen LogP contribution in [0, 0.1) is 0 Å². The minimum Gasteiger partial charge on any atom is -0.385 e. The van der Waals surface area contributed by atoms with Gasteiger partial charge in [-0.05, 0) is 56.8 Å². The summed E-state index contributed by atoms with van der Waals surface area (Å²) in [5.74, 6) is 0. The second kappa shape index (κ2) is 6.45. The van der Waals surface area contributed by atoms with E-state index >= 15 is 0 Å². The highest BCUT2D eigenvalue weighted by Crippen LogP contribution is 2.41. The molecule has 0 aromatic heterocycles. The lowest BCUT2D eigenvalue weighted by Gasteiger charge is -2.37. The van der Waals surface area contributed by atoms with Crippen molar-refractivity contribution in [2.75, 3.05) is 6.54 Å². The number of aliphatic hydroxyl groups is 1. The molecule has 0 saturated heterocycles. The van der Waals surface area contributed by atoms with E-state index in [1.807, 2.05) is 0 Å². The molecule has 19 heavy (non-hydrogen) atoms. The minimum atomic E-state index is -0.827. The van der Waals surface area contributed by atoms with Gasteiger partial charge in [0, 0.05) is 21.7 Å². The van der Waals surface area contributed by atoms with Gasteiger partial charge in [0.1, 0.15) is 0 Å². The number of halogens is 2. The van der Waals surface area contributed by atoms with Crippen molar-refractivity contribution in [2.24, 2.45) is 0 Å². The highest BCUT2D eigenvalue weighted by molar-refractivity contribution is 6.33. The van der Waals surface area contributed by atoms with Crippen LogP contribution in [0.1, 0.15) is 44.6 Å². The van der Waals surface area contributed by atoms with Crippen LogP contribution in [0.2, 0.25) is 10.0 Å². The second-order valence-corrected chi connectivity index (χ2v) is 6.23. The molecule has 1 aromatic carbocycles. The van der Waals surface area contributed by atoms with Crippen LogP contribution >= 0.6 is 23.2 Å². The third-order valence-corrected chi connectivity index (χ3v) is 4.49. The summed E-state index contributed by atoms with van der Waals surface area (Å²) in [6, 6.07) is 5.83. The van der Waals surface area contributed by atoms with Crippen LogP contribution in [-0.4, -0.2) is 17.7 Å². The van der Waals surface area contributed by atoms with Crippen molar-refractivity contribution in [1.29, 1.82) is 0 Å². The number of rotatable bonds is 4. The lowest BCUT2D eigenvalue weighted by atomic mass is 9.77. The third-order valence-electron chi connectivity index (χ3n) is 3.93. The van der Waals surface area contributed by atoms with Crippen molar-refractivity contribution in [3.05, 3.63) is 33.8 Å². The lowest BCUT2D eigenvalue weighted by molar-refractivity contribution is -0.00816. The fraction of sp³-hybridized carbons (Fsp3) is 0.600. The number of benzene rings is 1. The van der Waals surface area contributed by atoms with Gasteiger partial charge >= 0.3 is 0 Å². The highest BCUT2D eigenvalue weighted by Gasteiger charge is 2.36. The fourth-order valence-corrected chi connectivity index (χ4v) is 3.24. The molecule has 4 heteroatoms. The van der Waals surface area contributed by atoms with Gasteiger partial charge in [0.25, 0.3) is 0 Å². The zero-order valence-electron chi connectivity index (χ0n) is 11.3. The molecular formula is C15H21Cl2NO. The van der Waals surface area contributed by atoms with Gasteiger partial charge in [-0.1, -0.05) is 30.1 Å².